The molecule has 0 aliphatic carbocycles. The lowest BCUT2D eigenvalue weighted by Crippen LogP contribution is -2.13. The topological polar surface area (TPSA) is 96.9 Å². The first-order valence-corrected chi connectivity index (χ1v) is 10.4. The Bertz CT molecular complexity index is 1170. The van der Waals surface area contributed by atoms with Gasteiger partial charge in [-0.25, -0.2) is 36.5 Å². The highest BCUT2D eigenvalue weighted by Crippen LogP contribution is 2.30. The molecule has 0 aliphatic heterocycles. The average molecular weight is 425 g/mol. The number of aryl methyl sites for hydroxylation is 1. The molecule has 2 N–H and O–H groups in total. The Hall–Kier alpha value is -2.95. The predicted octanol–water partition coefficient (Wildman–Crippen LogP) is 3.95. The van der Waals surface area contributed by atoms with Crippen LogP contribution >= 0.6 is 0 Å². The summed E-state index contributed by atoms with van der Waals surface area (Å²) in [6.45, 7) is 3.24. The van der Waals surface area contributed by atoms with Crippen LogP contribution in [0.4, 0.5) is 24.7 Å². The van der Waals surface area contributed by atoms with Gasteiger partial charge in [-0.05, 0) is 19.9 Å². The van der Waals surface area contributed by atoms with E-state index in [1.54, 1.807) is 13.8 Å². The maximum absolute atomic E-state index is 14.5. The molecule has 0 amide bonds. The van der Waals surface area contributed by atoms with E-state index in [1.807, 2.05) is 0 Å². The third-order valence-electron chi connectivity index (χ3n) is 4.08. The number of alkyl halides is 2. The van der Waals surface area contributed by atoms with Crippen LogP contribution in [0, 0.1) is 12.7 Å². The molecule has 1 aromatic carbocycles. The number of benzene rings is 1. The van der Waals surface area contributed by atoms with Gasteiger partial charge in [0.2, 0.25) is 10.0 Å². The molecule has 0 bridgehead atoms. The summed E-state index contributed by atoms with van der Waals surface area (Å²) in [7, 11) is -3.52. The number of nitrogens with one attached hydrogen (secondary N) is 2. The van der Waals surface area contributed by atoms with E-state index in [0.717, 1.165) is 12.3 Å². The molecule has 0 saturated carbocycles. The van der Waals surface area contributed by atoms with Crippen LogP contribution in [0.5, 0.6) is 0 Å². The lowest BCUT2D eigenvalue weighted by atomic mass is 10.0. The molecule has 154 valence electrons. The molecule has 0 unspecified atom stereocenters. The summed E-state index contributed by atoms with van der Waals surface area (Å²) in [4.78, 5) is 12.6. The Balaban J connectivity index is 2.03. The van der Waals surface area contributed by atoms with Crippen molar-refractivity contribution in [2.45, 2.75) is 26.3 Å². The fourth-order valence-electron chi connectivity index (χ4n) is 2.86. The zero-order valence-electron chi connectivity index (χ0n) is 15.7. The van der Waals surface area contributed by atoms with E-state index in [9.17, 15) is 21.6 Å². The van der Waals surface area contributed by atoms with E-state index in [-0.39, 0.29) is 17.1 Å². The Morgan fingerprint density at radius 1 is 1.14 bits per heavy atom. The monoisotopic (exact) mass is 425 g/mol. The summed E-state index contributed by atoms with van der Waals surface area (Å²) in [6, 6.07) is 4.58. The normalized spacial score (nSPS) is 12.9. The summed E-state index contributed by atoms with van der Waals surface area (Å²) in [5.41, 5.74) is -0.131. The van der Waals surface area contributed by atoms with Gasteiger partial charge in [-0.2, -0.15) is 0 Å². The van der Waals surface area contributed by atoms with E-state index in [2.05, 4.69) is 25.0 Å². The van der Waals surface area contributed by atoms with Crippen molar-refractivity contribution in [2.24, 2.45) is 0 Å². The van der Waals surface area contributed by atoms with Crippen molar-refractivity contribution in [1.82, 2.24) is 15.0 Å². The van der Waals surface area contributed by atoms with Crippen molar-refractivity contribution >= 4 is 32.6 Å². The Kier molecular flexibility index (Phi) is 5.60. The average Bonchev–Trinajstić information content (AvgIpc) is 2.60. The summed E-state index contributed by atoms with van der Waals surface area (Å²) < 4.78 is 65.7. The van der Waals surface area contributed by atoms with Gasteiger partial charge in [0.05, 0.1) is 35.1 Å². The van der Waals surface area contributed by atoms with Gasteiger partial charge in [0.1, 0.15) is 17.5 Å². The van der Waals surface area contributed by atoms with Gasteiger partial charge in [0.15, 0.2) is 5.65 Å². The van der Waals surface area contributed by atoms with Crippen LogP contribution in [-0.4, -0.2) is 29.6 Å². The number of sulfonamides is 1. The molecule has 1 atom stereocenters. The number of halogens is 3. The van der Waals surface area contributed by atoms with Gasteiger partial charge in [0, 0.05) is 5.56 Å². The SMILES string of the molecule is Cc1nc(N[C@H](C)c2cccc(C(F)F)c2F)c2cc(NS(C)(=O)=O)cnc2n1. The lowest BCUT2D eigenvalue weighted by Gasteiger charge is -2.18. The van der Waals surface area contributed by atoms with Gasteiger partial charge in [-0.3, -0.25) is 4.72 Å². The van der Waals surface area contributed by atoms with E-state index >= 15 is 0 Å². The fourth-order valence-corrected chi connectivity index (χ4v) is 3.40. The molecule has 3 rings (SSSR count). The van der Waals surface area contributed by atoms with Crippen molar-refractivity contribution < 1.29 is 21.6 Å². The van der Waals surface area contributed by atoms with Crippen molar-refractivity contribution in [3.05, 3.63) is 53.2 Å². The second-order valence-electron chi connectivity index (χ2n) is 6.51. The highest BCUT2D eigenvalue weighted by Gasteiger charge is 2.20. The van der Waals surface area contributed by atoms with Gasteiger partial charge in [0.25, 0.3) is 6.43 Å². The quantitative estimate of drug-likeness (QED) is 0.621. The molecule has 0 aliphatic rings. The first kappa shape index (κ1) is 20.8. The molecule has 2 heterocycles. The third kappa shape index (κ3) is 4.73. The number of anilines is 2. The maximum Gasteiger partial charge on any atom is 0.266 e. The molecule has 0 radical (unpaired) electrons. The standard InChI is InChI=1S/C18H18F3N5O2S/c1-9(12-5-4-6-13(15(12)19)16(20)21)23-18-14-7-11(26-29(3,27)28)8-22-17(14)24-10(2)25-18/h4-9,16,26H,1-3H3,(H,22,23,24,25)/t9-/m1/s1. The number of rotatable bonds is 6. The number of hydrogen-bond acceptors (Lipinski definition) is 6. The summed E-state index contributed by atoms with van der Waals surface area (Å²) >= 11 is 0. The molecular formula is C18H18F3N5O2S. The Labute approximate surface area is 165 Å². The minimum Gasteiger partial charge on any atom is -0.363 e. The second kappa shape index (κ2) is 7.82. The molecule has 0 spiro atoms. The zero-order valence-corrected chi connectivity index (χ0v) is 16.6. The van der Waals surface area contributed by atoms with Gasteiger partial charge < -0.3 is 5.32 Å². The first-order valence-electron chi connectivity index (χ1n) is 8.50. The van der Waals surface area contributed by atoms with Gasteiger partial charge in [-0.15, -0.1) is 0 Å². The summed E-state index contributed by atoms with van der Waals surface area (Å²) in [6.07, 6.45) is -0.615. The number of fused-ring (bicyclic) bond motifs is 1. The third-order valence-corrected chi connectivity index (χ3v) is 4.69. The van der Waals surface area contributed by atoms with E-state index in [4.69, 9.17) is 0 Å². The van der Waals surface area contributed by atoms with Crippen LogP contribution in [0.15, 0.2) is 30.5 Å². The Morgan fingerprint density at radius 2 is 1.83 bits per heavy atom. The van der Waals surface area contributed by atoms with Crippen LogP contribution in [0.25, 0.3) is 11.0 Å². The van der Waals surface area contributed by atoms with Crippen LogP contribution < -0.4 is 10.0 Å². The molecule has 29 heavy (non-hydrogen) atoms. The molecule has 11 heteroatoms. The largest absolute Gasteiger partial charge is 0.363 e. The molecule has 0 saturated heterocycles. The van der Waals surface area contributed by atoms with Crippen LogP contribution in [0.2, 0.25) is 0 Å². The van der Waals surface area contributed by atoms with Gasteiger partial charge >= 0.3 is 0 Å². The van der Waals surface area contributed by atoms with E-state index in [1.165, 1.54) is 24.4 Å². The van der Waals surface area contributed by atoms with Crippen LogP contribution in [-0.2, 0) is 10.0 Å². The number of nitrogens with zero attached hydrogens (tertiary/aromatic N) is 3. The van der Waals surface area contributed by atoms with Crippen molar-refractivity contribution in [3.63, 3.8) is 0 Å². The van der Waals surface area contributed by atoms with Gasteiger partial charge in [-0.1, -0.05) is 18.2 Å². The predicted molar refractivity (Wildman–Crippen MR) is 104 cm³/mol. The molecular weight excluding hydrogens is 407 g/mol. The summed E-state index contributed by atoms with van der Waals surface area (Å²) in [5.74, 6) is -0.341. The number of aromatic nitrogens is 3. The smallest absolute Gasteiger partial charge is 0.266 e. The summed E-state index contributed by atoms with van der Waals surface area (Å²) in [5, 5.41) is 3.38. The maximum atomic E-state index is 14.5. The highest BCUT2D eigenvalue weighted by atomic mass is 32.2. The fraction of sp³-hybridized carbons (Fsp3) is 0.278. The van der Waals surface area contributed by atoms with E-state index in [0.29, 0.717) is 16.9 Å². The minimum atomic E-state index is -3.52. The molecule has 0 fully saturated rings. The molecule has 7 nitrogen and oxygen atoms in total. The van der Waals surface area contributed by atoms with Crippen molar-refractivity contribution in [3.8, 4) is 0 Å². The van der Waals surface area contributed by atoms with Crippen LogP contribution in [0.3, 0.4) is 0 Å². The first-order chi connectivity index (χ1) is 13.5. The van der Waals surface area contributed by atoms with Crippen molar-refractivity contribution in [2.75, 3.05) is 16.3 Å². The number of pyridine rings is 1. The molecule has 2 aromatic heterocycles. The zero-order chi connectivity index (χ0) is 21.3. The minimum absolute atomic E-state index is 0.0468. The second-order valence-corrected chi connectivity index (χ2v) is 8.25. The lowest BCUT2D eigenvalue weighted by molar-refractivity contribution is 0.146. The van der Waals surface area contributed by atoms with Crippen LogP contribution in [0.1, 0.15) is 36.3 Å². The molecule has 3 aromatic rings. The van der Waals surface area contributed by atoms with E-state index < -0.39 is 33.9 Å². The van der Waals surface area contributed by atoms with Crippen molar-refractivity contribution in [1.29, 1.82) is 0 Å². The number of hydrogen-bond donors (Lipinski definition) is 2. The highest BCUT2D eigenvalue weighted by molar-refractivity contribution is 7.92. The Morgan fingerprint density at radius 3 is 2.48 bits per heavy atom.